The van der Waals surface area contributed by atoms with Crippen LogP contribution in [0.15, 0.2) is 47.6 Å². The summed E-state index contributed by atoms with van der Waals surface area (Å²) in [6.07, 6.45) is 14.3. The van der Waals surface area contributed by atoms with Crippen molar-refractivity contribution >= 4 is 12.2 Å². The van der Waals surface area contributed by atoms with Crippen molar-refractivity contribution in [1.82, 2.24) is 4.98 Å². The number of hydrogen-bond donors (Lipinski definition) is 0. The Balaban J connectivity index is 2.17. The van der Waals surface area contributed by atoms with Crippen molar-refractivity contribution in [3.05, 3.63) is 63.8 Å². The van der Waals surface area contributed by atoms with Gasteiger partial charge >= 0.3 is 0 Å². The maximum Gasteiger partial charge on any atom is 0.0662 e. The van der Waals surface area contributed by atoms with Crippen LogP contribution in [0.4, 0.5) is 0 Å². The van der Waals surface area contributed by atoms with E-state index in [1.54, 1.807) is 5.57 Å². The van der Waals surface area contributed by atoms with Gasteiger partial charge in [-0.25, -0.2) is 0 Å². The van der Waals surface area contributed by atoms with Crippen molar-refractivity contribution in [2.45, 2.75) is 59.8 Å². The number of nitrogens with zero attached hydrogens (tertiary/aromatic N) is 1. The van der Waals surface area contributed by atoms with E-state index >= 15 is 0 Å². The number of pyridine rings is 1. The van der Waals surface area contributed by atoms with Crippen molar-refractivity contribution in [2.24, 2.45) is 5.92 Å². The second-order valence-corrected chi connectivity index (χ2v) is 6.82. The molecule has 0 fully saturated rings. The summed E-state index contributed by atoms with van der Waals surface area (Å²) in [5.41, 5.74) is 5.65. The van der Waals surface area contributed by atoms with Crippen LogP contribution in [-0.4, -0.2) is 4.98 Å². The second-order valence-electron chi connectivity index (χ2n) is 6.82. The molecule has 128 valence electrons. The van der Waals surface area contributed by atoms with Crippen LogP contribution in [0.25, 0.3) is 12.2 Å². The molecule has 0 saturated carbocycles. The van der Waals surface area contributed by atoms with Gasteiger partial charge in [0.2, 0.25) is 0 Å². The molecule has 0 aromatic carbocycles. The highest BCUT2D eigenvalue weighted by molar-refractivity contribution is 5.39. The Morgan fingerprint density at radius 1 is 1.21 bits per heavy atom. The van der Waals surface area contributed by atoms with Crippen molar-refractivity contribution < 1.29 is 0 Å². The standard InChI is InChI=1S/C23H31N/c1-6-9-23-20(8-3)13-15-21(24-23)14-11-18-10-12-19(7-2)22(16-18)17(4)5/h7-9,13,15-17H,2,6,10-12,14H2,1,3-5H3/b20-8-,23-9+. The molecule has 1 aromatic heterocycles. The number of aromatic nitrogens is 1. The molecule has 1 aromatic rings. The Labute approximate surface area is 147 Å². The minimum absolute atomic E-state index is 0.566. The molecule has 0 amide bonds. The third-order valence-corrected chi connectivity index (χ3v) is 4.74. The van der Waals surface area contributed by atoms with Gasteiger partial charge < -0.3 is 0 Å². The first-order chi connectivity index (χ1) is 11.6. The predicted octanol–water partition coefficient (Wildman–Crippen LogP) is 4.86. The fourth-order valence-electron chi connectivity index (χ4n) is 3.34. The van der Waals surface area contributed by atoms with Crippen LogP contribution in [0.2, 0.25) is 0 Å². The van der Waals surface area contributed by atoms with Crippen molar-refractivity contribution in [2.75, 3.05) is 0 Å². The Hall–Kier alpha value is -1.89. The fraction of sp³-hybridized carbons (Fsp3) is 0.435. The van der Waals surface area contributed by atoms with Crippen LogP contribution >= 0.6 is 0 Å². The van der Waals surface area contributed by atoms with Gasteiger partial charge in [0, 0.05) is 5.69 Å². The highest BCUT2D eigenvalue weighted by Crippen LogP contribution is 2.31. The lowest BCUT2D eigenvalue weighted by molar-refractivity contribution is 0.731. The van der Waals surface area contributed by atoms with Crippen LogP contribution in [-0.2, 0) is 6.42 Å². The van der Waals surface area contributed by atoms with E-state index in [2.05, 4.69) is 64.6 Å². The average molecular weight is 322 g/mol. The molecule has 2 rings (SSSR count). The Kier molecular flexibility index (Phi) is 6.78. The van der Waals surface area contributed by atoms with Gasteiger partial charge in [0.1, 0.15) is 0 Å². The zero-order valence-corrected chi connectivity index (χ0v) is 15.7. The van der Waals surface area contributed by atoms with E-state index in [-0.39, 0.29) is 0 Å². The molecule has 0 atom stereocenters. The lowest BCUT2D eigenvalue weighted by atomic mass is 9.85. The summed E-state index contributed by atoms with van der Waals surface area (Å²) >= 11 is 0. The van der Waals surface area contributed by atoms with E-state index in [1.807, 2.05) is 6.08 Å². The van der Waals surface area contributed by atoms with Crippen molar-refractivity contribution in [1.29, 1.82) is 0 Å². The number of aryl methyl sites for hydroxylation is 1. The third kappa shape index (κ3) is 4.56. The van der Waals surface area contributed by atoms with E-state index in [9.17, 15) is 0 Å². The van der Waals surface area contributed by atoms with Gasteiger partial charge in [0.25, 0.3) is 0 Å². The maximum atomic E-state index is 4.86. The molecule has 1 heterocycles. The molecule has 0 bridgehead atoms. The molecule has 24 heavy (non-hydrogen) atoms. The first kappa shape index (κ1) is 18.4. The molecular weight excluding hydrogens is 290 g/mol. The topological polar surface area (TPSA) is 12.9 Å². The lowest BCUT2D eigenvalue weighted by Gasteiger charge is -2.21. The SMILES string of the molecule is C=CC1=C(C(C)C)C=C(CCc2ccc(=C/C)/c(=C\CC)n2)CC1. The van der Waals surface area contributed by atoms with Crippen LogP contribution in [0.3, 0.4) is 0 Å². The summed E-state index contributed by atoms with van der Waals surface area (Å²) in [6, 6.07) is 4.38. The molecule has 1 nitrogen and oxygen atoms in total. The van der Waals surface area contributed by atoms with E-state index in [1.165, 1.54) is 22.1 Å². The molecule has 0 N–H and O–H groups in total. The zero-order valence-electron chi connectivity index (χ0n) is 15.7. The van der Waals surface area contributed by atoms with E-state index < -0.39 is 0 Å². The Bertz CT molecular complexity index is 760. The van der Waals surface area contributed by atoms with Crippen LogP contribution in [0.1, 0.15) is 59.1 Å². The van der Waals surface area contributed by atoms with Crippen molar-refractivity contribution in [3.8, 4) is 0 Å². The number of rotatable bonds is 6. The molecular formula is C23H31N. The van der Waals surface area contributed by atoms with Gasteiger partial charge in [-0.05, 0) is 67.4 Å². The quantitative estimate of drug-likeness (QED) is 0.729. The van der Waals surface area contributed by atoms with Gasteiger partial charge in [-0.3, -0.25) is 4.98 Å². The van der Waals surface area contributed by atoms with Gasteiger partial charge in [-0.15, -0.1) is 0 Å². The summed E-state index contributed by atoms with van der Waals surface area (Å²) in [5, 5.41) is 2.37. The molecule has 0 unspecified atom stereocenters. The summed E-state index contributed by atoms with van der Waals surface area (Å²) < 4.78 is 0. The molecule has 0 radical (unpaired) electrons. The van der Waals surface area contributed by atoms with Gasteiger partial charge in [0.15, 0.2) is 0 Å². The minimum Gasteiger partial charge on any atom is -0.253 e. The number of hydrogen-bond acceptors (Lipinski definition) is 1. The van der Waals surface area contributed by atoms with Gasteiger partial charge in [0.05, 0.1) is 5.35 Å². The molecule has 0 aliphatic heterocycles. The zero-order chi connectivity index (χ0) is 17.5. The van der Waals surface area contributed by atoms with Gasteiger partial charge in [-0.1, -0.05) is 63.3 Å². The van der Waals surface area contributed by atoms with Crippen molar-refractivity contribution in [3.63, 3.8) is 0 Å². The largest absolute Gasteiger partial charge is 0.253 e. The van der Waals surface area contributed by atoms with E-state index in [0.29, 0.717) is 5.92 Å². The van der Waals surface area contributed by atoms with Gasteiger partial charge in [-0.2, -0.15) is 0 Å². The monoisotopic (exact) mass is 321 g/mol. The minimum atomic E-state index is 0.566. The average Bonchev–Trinajstić information content (AvgIpc) is 2.60. The molecule has 1 aliphatic rings. The van der Waals surface area contributed by atoms with E-state index in [0.717, 1.165) is 37.5 Å². The summed E-state index contributed by atoms with van der Waals surface area (Å²) in [5.74, 6) is 0.566. The molecule has 1 heteroatoms. The maximum absolute atomic E-state index is 4.86. The summed E-state index contributed by atoms with van der Waals surface area (Å²) in [6.45, 7) is 12.8. The molecule has 0 spiro atoms. The van der Waals surface area contributed by atoms with Crippen LogP contribution < -0.4 is 10.6 Å². The van der Waals surface area contributed by atoms with Crippen LogP contribution in [0, 0.1) is 5.92 Å². The Morgan fingerprint density at radius 3 is 2.62 bits per heavy atom. The van der Waals surface area contributed by atoms with E-state index in [4.69, 9.17) is 4.98 Å². The third-order valence-electron chi connectivity index (χ3n) is 4.74. The molecule has 1 aliphatic carbocycles. The molecule has 0 saturated heterocycles. The van der Waals surface area contributed by atoms with Crippen LogP contribution in [0.5, 0.6) is 0 Å². The normalized spacial score (nSPS) is 16.8. The first-order valence-electron chi connectivity index (χ1n) is 9.26. The predicted molar refractivity (Wildman–Crippen MR) is 106 cm³/mol. The first-order valence-corrected chi connectivity index (χ1v) is 9.26. The fourth-order valence-corrected chi connectivity index (χ4v) is 3.34. The lowest BCUT2D eigenvalue weighted by Crippen LogP contribution is -2.28. The summed E-state index contributed by atoms with van der Waals surface area (Å²) in [4.78, 5) is 4.86. The highest BCUT2D eigenvalue weighted by Gasteiger charge is 2.14. The summed E-state index contributed by atoms with van der Waals surface area (Å²) in [7, 11) is 0. The highest BCUT2D eigenvalue weighted by atomic mass is 14.7. The smallest absolute Gasteiger partial charge is 0.0662 e. The Morgan fingerprint density at radius 2 is 2.00 bits per heavy atom. The number of allylic oxidation sites excluding steroid dienone is 5. The second kappa shape index (κ2) is 8.82.